The SMILES string of the molecule is CC(C)n1cnc2c(=O)n(CCNN)cnc21. The first kappa shape index (κ1) is 11.7. The Kier molecular flexibility index (Phi) is 3.21. The Labute approximate surface area is 98.2 Å². The van der Waals surface area contributed by atoms with Crippen molar-refractivity contribution in [2.24, 2.45) is 5.84 Å². The number of fused-ring (bicyclic) bond motifs is 1. The zero-order valence-corrected chi connectivity index (χ0v) is 9.92. The number of nitrogens with zero attached hydrogens (tertiary/aromatic N) is 4. The van der Waals surface area contributed by atoms with Gasteiger partial charge >= 0.3 is 0 Å². The molecule has 7 nitrogen and oxygen atoms in total. The quantitative estimate of drug-likeness (QED) is 0.558. The fourth-order valence-corrected chi connectivity index (χ4v) is 1.67. The Morgan fingerprint density at radius 3 is 2.82 bits per heavy atom. The predicted octanol–water partition coefficient (Wildman–Crippen LogP) is -0.363. The molecule has 0 bridgehead atoms. The highest BCUT2D eigenvalue weighted by molar-refractivity contribution is 5.69. The maximum absolute atomic E-state index is 12.0. The van der Waals surface area contributed by atoms with Gasteiger partial charge < -0.3 is 4.57 Å². The number of hydrazine groups is 1. The summed E-state index contributed by atoms with van der Waals surface area (Å²) in [5, 5.41) is 0. The second kappa shape index (κ2) is 4.64. The van der Waals surface area contributed by atoms with Crippen LogP contribution in [-0.4, -0.2) is 25.6 Å². The van der Waals surface area contributed by atoms with E-state index >= 15 is 0 Å². The van der Waals surface area contributed by atoms with Gasteiger partial charge in [0.1, 0.15) is 6.33 Å². The van der Waals surface area contributed by atoms with Crippen LogP contribution in [0.4, 0.5) is 0 Å². The molecule has 3 N–H and O–H groups in total. The molecule has 0 fully saturated rings. The molecule has 7 heteroatoms. The summed E-state index contributed by atoms with van der Waals surface area (Å²) in [5.74, 6) is 5.18. The number of nitrogens with one attached hydrogen (secondary N) is 1. The molecular weight excluding hydrogens is 220 g/mol. The van der Waals surface area contributed by atoms with Crippen molar-refractivity contribution in [3.63, 3.8) is 0 Å². The van der Waals surface area contributed by atoms with Gasteiger partial charge in [-0.1, -0.05) is 0 Å². The van der Waals surface area contributed by atoms with E-state index in [4.69, 9.17) is 5.84 Å². The number of aromatic nitrogens is 4. The molecule has 2 aromatic heterocycles. The Balaban J connectivity index is 2.50. The zero-order chi connectivity index (χ0) is 12.4. The minimum Gasteiger partial charge on any atom is -0.313 e. The number of hydrogen-bond donors (Lipinski definition) is 2. The lowest BCUT2D eigenvalue weighted by Gasteiger charge is -2.08. The van der Waals surface area contributed by atoms with Crippen LogP contribution >= 0.6 is 0 Å². The molecule has 0 aliphatic rings. The lowest BCUT2D eigenvalue weighted by molar-refractivity contribution is 0.591. The Hall–Kier alpha value is -1.73. The lowest BCUT2D eigenvalue weighted by Crippen LogP contribution is -2.30. The van der Waals surface area contributed by atoms with Gasteiger partial charge in [0, 0.05) is 19.1 Å². The molecule has 0 aliphatic heterocycles. The zero-order valence-electron chi connectivity index (χ0n) is 9.92. The molecule has 0 saturated heterocycles. The normalized spacial score (nSPS) is 11.5. The Morgan fingerprint density at radius 2 is 2.18 bits per heavy atom. The number of nitrogens with two attached hydrogens (primary N) is 1. The van der Waals surface area contributed by atoms with Gasteiger partial charge in [-0.05, 0) is 13.8 Å². The minimum absolute atomic E-state index is 0.135. The first-order chi connectivity index (χ1) is 8.15. The van der Waals surface area contributed by atoms with Crippen molar-refractivity contribution in [2.45, 2.75) is 26.4 Å². The minimum atomic E-state index is -0.135. The molecule has 2 heterocycles. The van der Waals surface area contributed by atoms with Gasteiger partial charge in [0.05, 0.1) is 6.33 Å². The summed E-state index contributed by atoms with van der Waals surface area (Å²) in [6, 6.07) is 0.230. The van der Waals surface area contributed by atoms with Crippen LogP contribution in [0.1, 0.15) is 19.9 Å². The van der Waals surface area contributed by atoms with Crippen LogP contribution in [0.15, 0.2) is 17.4 Å². The Morgan fingerprint density at radius 1 is 1.41 bits per heavy atom. The van der Waals surface area contributed by atoms with Gasteiger partial charge in [-0.2, -0.15) is 0 Å². The van der Waals surface area contributed by atoms with Crippen LogP contribution in [0.3, 0.4) is 0 Å². The van der Waals surface area contributed by atoms with Crippen molar-refractivity contribution in [1.82, 2.24) is 24.5 Å². The van der Waals surface area contributed by atoms with Crippen LogP contribution < -0.4 is 16.8 Å². The van der Waals surface area contributed by atoms with Crippen LogP contribution in [0.2, 0.25) is 0 Å². The molecule has 17 heavy (non-hydrogen) atoms. The molecule has 0 saturated carbocycles. The maximum Gasteiger partial charge on any atom is 0.281 e. The standard InChI is InChI=1S/C10H16N6O/c1-7(2)16-6-12-8-9(16)13-5-15(10(8)17)4-3-14-11/h5-7,14H,3-4,11H2,1-2H3. The summed E-state index contributed by atoms with van der Waals surface area (Å²) in [4.78, 5) is 20.4. The van der Waals surface area contributed by atoms with Gasteiger partial charge in [-0.15, -0.1) is 0 Å². The molecule has 0 radical (unpaired) electrons. The lowest BCUT2D eigenvalue weighted by atomic mass is 10.4. The van der Waals surface area contributed by atoms with Gasteiger partial charge in [0.25, 0.3) is 5.56 Å². The van der Waals surface area contributed by atoms with E-state index < -0.39 is 0 Å². The third kappa shape index (κ3) is 2.06. The van der Waals surface area contributed by atoms with Crippen molar-refractivity contribution >= 4 is 11.2 Å². The number of imidazole rings is 1. The van der Waals surface area contributed by atoms with Gasteiger partial charge in [0.2, 0.25) is 0 Å². The van der Waals surface area contributed by atoms with Gasteiger partial charge in [0.15, 0.2) is 11.2 Å². The van der Waals surface area contributed by atoms with Crippen molar-refractivity contribution in [1.29, 1.82) is 0 Å². The molecule has 2 aromatic rings. The molecule has 2 rings (SSSR count). The molecule has 0 atom stereocenters. The van der Waals surface area contributed by atoms with Crippen LogP contribution in [-0.2, 0) is 6.54 Å². The molecule has 0 aliphatic carbocycles. The summed E-state index contributed by atoms with van der Waals surface area (Å²) in [6.07, 6.45) is 3.18. The van der Waals surface area contributed by atoms with E-state index in [1.807, 2.05) is 18.4 Å². The fourth-order valence-electron chi connectivity index (χ4n) is 1.67. The van der Waals surface area contributed by atoms with E-state index in [2.05, 4.69) is 15.4 Å². The molecular formula is C10H16N6O. The smallest absolute Gasteiger partial charge is 0.281 e. The molecule has 0 unspecified atom stereocenters. The molecule has 92 valence electrons. The Bertz CT molecular complexity index is 570. The first-order valence-corrected chi connectivity index (χ1v) is 5.50. The van der Waals surface area contributed by atoms with Crippen molar-refractivity contribution in [3.05, 3.63) is 23.0 Å². The topological polar surface area (TPSA) is 90.8 Å². The third-order valence-corrected chi connectivity index (χ3v) is 2.60. The highest BCUT2D eigenvalue weighted by Gasteiger charge is 2.11. The van der Waals surface area contributed by atoms with Crippen LogP contribution in [0.5, 0.6) is 0 Å². The number of rotatable bonds is 4. The maximum atomic E-state index is 12.0. The van der Waals surface area contributed by atoms with E-state index in [1.54, 1.807) is 6.33 Å². The van der Waals surface area contributed by atoms with E-state index in [-0.39, 0.29) is 11.6 Å². The van der Waals surface area contributed by atoms with E-state index in [9.17, 15) is 4.79 Å². The van der Waals surface area contributed by atoms with Crippen LogP contribution in [0.25, 0.3) is 11.2 Å². The second-order valence-corrected chi connectivity index (χ2v) is 4.12. The van der Waals surface area contributed by atoms with Crippen molar-refractivity contribution in [2.75, 3.05) is 6.54 Å². The average Bonchev–Trinajstić information content (AvgIpc) is 2.73. The van der Waals surface area contributed by atoms with Gasteiger partial charge in [-0.25, -0.2) is 9.97 Å². The summed E-state index contributed by atoms with van der Waals surface area (Å²) in [6.45, 7) is 5.03. The van der Waals surface area contributed by atoms with Crippen LogP contribution in [0, 0.1) is 0 Å². The molecule has 0 aromatic carbocycles. The highest BCUT2D eigenvalue weighted by atomic mass is 16.1. The second-order valence-electron chi connectivity index (χ2n) is 4.12. The summed E-state index contributed by atoms with van der Waals surface area (Å²) in [5.41, 5.74) is 3.40. The fraction of sp³-hybridized carbons (Fsp3) is 0.500. The number of hydrogen-bond acceptors (Lipinski definition) is 5. The summed E-state index contributed by atoms with van der Waals surface area (Å²) in [7, 11) is 0. The van der Waals surface area contributed by atoms with E-state index in [0.717, 1.165) is 0 Å². The van der Waals surface area contributed by atoms with Crippen molar-refractivity contribution < 1.29 is 0 Å². The van der Waals surface area contributed by atoms with Crippen molar-refractivity contribution in [3.8, 4) is 0 Å². The summed E-state index contributed by atoms with van der Waals surface area (Å²) < 4.78 is 3.38. The van der Waals surface area contributed by atoms with Gasteiger partial charge in [-0.3, -0.25) is 20.6 Å². The van der Waals surface area contributed by atoms with E-state index in [0.29, 0.717) is 24.3 Å². The monoisotopic (exact) mass is 236 g/mol. The predicted molar refractivity (Wildman–Crippen MR) is 64.4 cm³/mol. The molecule has 0 spiro atoms. The average molecular weight is 236 g/mol. The third-order valence-electron chi connectivity index (χ3n) is 2.60. The highest BCUT2D eigenvalue weighted by Crippen LogP contribution is 2.11. The largest absolute Gasteiger partial charge is 0.313 e. The first-order valence-electron chi connectivity index (χ1n) is 5.50. The molecule has 0 amide bonds. The van der Waals surface area contributed by atoms with E-state index in [1.165, 1.54) is 10.9 Å². The summed E-state index contributed by atoms with van der Waals surface area (Å²) >= 11 is 0.